The van der Waals surface area contributed by atoms with Crippen LogP contribution in [0.3, 0.4) is 0 Å². The minimum Gasteiger partial charge on any atom is -0.0683 e. The Morgan fingerprint density at radius 2 is 1.06 bits per heavy atom. The standard InChI is InChI=1S/C8H18.C7H8.C2H6/c1-6(2)8(5)7(3)4;1-7-5-3-2-4-6-7;1-2/h6-8H,1-5H3;2-6H,1H3;1-2H3. The fourth-order valence-corrected chi connectivity index (χ4v) is 1.30. The van der Waals surface area contributed by atoms with Crippen molar-refractivity contribution < 1.29 is 0 Å². The third kappa shape index (κ3) is 11.5. The quantitative estimate of drug-likeness (QED) is 0.594. The van der Waals surface area contributed by atoms with Gasteiger partial charge in [-0.3, -0.25) is 0 Å². The molecule has 17 heavy (non-hydrogen) atoms. The molecule has 1 aromatic rings. The van der Waals surface area contributed by atoms with Crippen molar-refractivity contribution in [2.45, 2.75) is 55.4 Å². The molecular weight excluding hydrogens is 204 g/mol. The summed E-state index contributed by atoms with van der Waals surface area (Å²) in [6.07, 6.45) is 0. The minimum absolute atomic E-state index is 0.843. The topological polar surface area (TPSA) is 0 Å². The maximum Gasteiger partial charge on any atom is -0.0396 e. The second-order valence-electron chi connectivity index (χ2n) is 5.00. The van der Waals surface area contributed by atoms with Gasteiger partial charge in [0.15, 0.2) is 0 Å². The van der Waals surface area contributed by atoms with Crippen LogP contribution in [0.25, 0.3) is 0 Å². The van der Waals surface area contributed by atoms with Gasteiger partial charge >= 0.3 is 0 Å². The van der Waals surface area contributed by atoms with Crippen LogP contribution >= 0.6 is 0 Å². The lowest BCUT2D eigenvalue weighted by molar-refractivity contribution is 0.316. The van der Waals surface area contributed by atoms with Gasteiger partial charge in [-0.25, -0.2) is 0 Å². The molecule has 1 aromatic carbocycles. The van der Waals surface area contributed by atoms with Gasteiger partial charge in [-0.2, -0.15) is 0 Å². The van der Waals surface area contributed by atoms with Crippen LogP contribution in [0, 0.1) is 24.7 Å². The predicted octanol–water partition coefficient (Wildman–Crippen LogP) is 5.96. The van der Waals surface area contributed by atoms with Crippen molar-refractivity contribution in [1.82, 2.24) is 0 Å². The molecule has 0 saturated carbocycles. The normalized spacial score (nSPS) is 9.59. The Bertz CT molecular complexity index is 225. The second kappa shape index (κ2) is 11.7. The van der Waals surface area contributed by atoms with E-state index in [0.29, 0.717) is 0 Å². The molecule has 100 valence electrons. The summed E-state index contributed by atoms with van der Waals surface area (Å²) in [5.74, 6) is 2.56. The van der Waals surface area contributed by atoms with Gasteiger partial charge in [0.1, 0.15) is 0 Å². The predicted molar refractivity (Wildman–Crippen MR) is 81.4 cm³/mol. The van der Waals surface area contributed by atoms with Crippen molar-refractivity contribution in [2.24, 2.45) is 17.8 Å². The van der Waals surface area contributed by atoms with Crippen LogP contribution in [0.2, 0.25) is 0 Å². The Balaban J connectivity index is 0. The number of rotatable bonds is 2. The lowest BCUT2D eigenvalue weighted by Crippen LogP contribution is -2.10. The van der Waals surface area contributed by atoms with Gasteiger partial charge in [-0.1, -0.05) is 84.4 Å². The first kappa shape index (κ1) is 18.6. The molecule has 0 radical (unpaired) electrons. The molecular formula is C17H32. The summed E-state index contributed by atoms with van der Waals surface area (Å²) in [7, 11) is 0. The smallest absolute Gasteiger partial charge is 0.0396 e. The summed E-state index contributed by atoms with van der Waals surface area (Å²) in [6, 6.07) is 10.3. The second-order valence-corrected chi connectivity index (χ2v) is 5.00. The van der Waals surface area contributed by atoms with Crippen LogP contribution in [0.1, 0.15) is 54.0 Å². The maximum absolute atomic E-state index is 2.31. The SMILES string of the molecule is CC.CC(C)C(C)C(C)C.Cc1ccccc1. The first-order chi connectivity index (χ1) is 7.95. The molecule has 0 aliphatic heterocycles. The summed E-state index contributed by atoms with van der Waals surface area (Å²) in [5, 5.41) is 0. The molecule has 0 heteroatoms. The molecule has 0 aliphatic rings. The highest BCUT2D eigenvalue weighted by Gasteiger charge is 2.09. The van der Waals surface area contributed by atoms with Gasteiger partial charge in [0.05, 0.1) is 0 Å². The summed E-state index contributed by atoms with van der Waals surface area (Å²) in [5.41, 5.74) is 1.32. The summed E-state index contributed by atoms with van der Waals surface area (Å²) < 4.78 is 0. The highest BCUT2D eigenvalue weighted by Crippen LogP contribution is 2.18. The van der Waals surface area contributed by atoms with E-state index in [0.717, 1.165) is 17.8 Å². The highest BCUT2D eigenvalue weighted by molar-refractivity contribution is 5.11. The Labute approximate surface area is 109 Å². The molecule has 0 amide bonds. The van der Waals surface area contributed by atoms with Crippen molar-refractivity contribution >= 4 is 0 Å². The fraction of sp³-hybridized carbons (Fsp3) is 0.647. The molecule has 1 rings (SSSR count). The zero-order valence-corrected chi connectivity index (χ0v) is 13.1. The molecule has 0 aliphatic carbocycles. The monoisotopic (exact) mass is 236 g/mol. The first-order valence-corrected chi connectivity index (χ1v) is 6.96. The lowest BCUT2D eigenvalue weighted by Gasteiger charge is -2.18. The van der Waals surface area contributed by atoms with Crippen LogP contribution in [-0.4, -0.2) is 0 Å². The van der Waals surface area contributed by atoms with Crippen molar-refractivity contribution in [3.63, 3.8) is 0 Å². The minimum atomic E-state index is 0.843. The zero-order chi connectivity index (χ0) is 13.8. The number of hydrogen-bond acceptors (Lipinski definition) is 0. The first-order valence-electron chi connectivity index (χ1n) is 6.96. The molecule has 0 spiro atoms. The van der Waals surface area contributed by atoms with E-state index in [1.807, 2.05) is 32.0 Å². The summed E-state index contributed by atoms with van der Waals surface area (Å²) in [4.78, 5) is 0. The van der Waals surface area contributed by atoms with Crippen molar-refractivity contribution in [1.29, 1.82) is 0 Å². The van der Waals surface area contributed by atoms with Crippen molar-refractivity contribution in [2.75, 3.05) is 0 Å². The Morgan fingerprint density at radius 3 is 1.18 bits per heavy atom. The number of hydrogen-bond donors (Lipinski definition) is 0. The third-order valence-corrected chi connectivity index (χ3v) is 3.04. The Kier molecular flexibility index (Phi) is 12.8. The van der Waals surface area contributed by atoms with Crippen LogP contribution < -0.4 is 0 Å². The van der Waals surface area contributed by atoms with E-state index in [1.165, 1.54) is 5.56 Å². The van der Waals surface area contributed by atoms with Gasteiger partial charge in [0.2, 0.25) is 0 Å². The molecule has 0 aromatic heterocycles. The Morgan fingerprint density at radius 1 is 0.706 bits per heavy atom. The van der Waals surface area contributed by atoms with E-state index in [2.05, 4.69) is 53.7 Å². The van der Waals surface area contributed by atoms with Gasteiger partial charge in [-0.05, 0) is 24.7 Å². The number of benzene rings is 1. The van der Waals surface area contributed by atoms with Gasteiger partial charge in [0, 0.05) is 0 Å². The van der Waals surface area contributed by atoms with Gasteiger partial charge in [-0.15, -0.1) is 0 Å². The van der Waals surface area contributed by atoms with E-state index in [1.54, 1.807) is 0 Å². The zero-order valence-electron chi connectivity index (χ0n) is 13.1. The molecule has 0 heterocycles. The molecule has 0 nitrogen and oxygen atoms in total. The number of aryl methyl sites for hydroxylation is 1. The maximum atomic E-state index is 2.31. The third-order valence-electron chi connectivity index (χ3n) is 3.04. The van der Waals surface area contributed by atoms with Crippen LogP contribution in [0.5, 0.6) is 0 Å². The fourth-order valence-electron chi connectivity index (χ4n) is 1.30. The van der Waals surface area contributed by atoms with Crippen LogP contribution in [-0.2, 0) is 0 Å². The Hall–Kier alpha value is -0.780. The van der Waals surface area contributed by atoms with Gasteiger partial charge in [0.25, 0.3) is 0 Å². The largest absolute Gasteiger partial charge is 0.0683 e. The van der Waals surface area contributed by atoms with E-state index in [4.69, 9.17) is 0 Å². The van der Waals surface area contributed by atoms with Crippen LogP contribution in [0.15, 0.2) is 30.3 Å². The van der Waals surface area contributed by atoms with Gasteiger partial charge < -0.3 is 0 Å². The average Bonchev–Trinajstić information content (AvgIpc) is 2.32. The van der Waals surface area contributed by atoms with E-state index in [-0.39, 0.29) is 0 Å². The molecule has 0 bridgehead atoms. The molecule has 0 atom stereocenters. The van der Waals surface area contributed by atoms with E-state index >= 15 is 0 Å². The van der Waals surface area contributed by atoms with Crippen molar-refractivity contribution in [3.05, 3.63) is 35.9 Å². The van der Waals surface area contributed by atoms with Crippen LogP contribution in [0.4, 0.5) is 0 Å². The average molecular weight is 236 g/mol. The summed E-state index contributed by atoms with van der Waals surface area (Å²) in [6.45, 7) is 17.5. The lowest BCUT2D eigenvalue weighted by atomic mass is 9.88. The molecule has 0 fully saturated rings. The van der Waals surface area contributed by atoms with Crippen molar-refractivity contribution in [3.8, 4) is 0 Å². The molecule has 0 N–H and O–H groups in total. The summed E-state index contributed by atoms with van der Waals surface area (Å²) >= 11 is 0. The molecule has 0 unspecified atom stereocenters. The van der Waals surface area contributed by atoms with E-state index < -0.39 is 0 Å². The highest BCUT2D eigenvalue weighted by atomic mass is 14.2. The van der Waals surface area contributed by atoms with E-state index in [9.17, 15) is 0 Å². The molecule has 0 saturated heterocycles.